The largest absolute Gasteiger partial charge is 0.253 e. The SMILES string of the molecule is C=C[C@@H](Cc1ccc2ccccc2n1)c1ccccc1. The van der Waals surface area contributed by atoms with Crippen LogP contribution in [0.4, 0.5) is 0 Å². The van der Waals surface area contributed by atoms with E-state index in [1.165, 1.54) is 10.9 Å². The number of aromatic nitrogens is 1. The average molecular weight is 259 g/mol. The molecule has 0 bridgehead atoms. The van der Waals surface area contributed by atoms with Gasteiger partial charge in [0.25, 0.3) is 0 Å². The monoisotopic (exact) mass is 259 g/mol. The highest BCUT2D eigenvalue weighted by molar-refractivity contribution is 5.78. The molecule has 0 fully saturated rings. The number of benzene rings is 2. The molecule has 0 N–H and O–H groups in total. The van der Waals surface area contributed by atoms with Crippen LogP contribution >= 0.6 is 0 Å². The van der Waals surface area contributed by atoms with Crippen molar-refractivity contribution in [3.63, 3.8) is 0 Å². The fourth-order valence-electron chi connectivity index (χ4n) is 2.48. The van der Waals surface area contributed by atoms with Crippen molar-refractivity contribution in [2.24, 2.45) is 0 Å². The van der Waals surface area contributed by atoms with Crippen molar-refractivity contribution >= 4 is 10.9 Å². The first-order chi connectivity index (χ1) is 9.86. The highest BCUT2D eigenvalue weighted by atomic mass is 14.7. The molecule has 3 rings (SSSR count). The van der Waals surface area contributed by atoms with Crippen LogP contribution < -0.4 is 0 Å². The number of pyridine rings is 1. The van der Waals surface area contributed by atoms with E-state index in [0.717, 1.165) is 17.6 Å². The number of rotatable bonds is 4. The molecule has 1 nitrogen and oxygen atoms in total. The predicted octanol–water partition coefficient (Wildman–Crippen LogP) is 4.75. The third-order valence-corrected chi connectivity index (χ3v) is 3.60. The highest BCUT2D eigenvalue weighted by Crippen LogP contribution is 2.22. The molecule has 3 aromatic rings. The van der Waals surface area contributed by atoms with Crippen molar-refractivity contribution in [2.75, 3.05) is 0 Å². The summed E-state index contributed by atoms with van der Waals surface area (Å²) in [6.07, 6.45) is 2.89. The van der Waals surface area contributed by atoms with E-state index in [-0.39, 0.29) is 0 Å². The van der Waals surface area contributed by atoms with Gasteiger partial charge in [0.1, 0.15) is 0 Å². The molecule has 0 saturated carbocycles. The van der Waals surface area contributed by atoms with E-state index in [9.17, 15) is 0 Å². The Morgan fingerprint density at radius 3 is 2.45 bits per heavy atom. The molecule has 0 radical (unpaired) electrons. The van der Waals surface area contributed by atoms with Crippen molar-refractivity contribution in [2.45, 2.75) is 12.3 Å². The molecule has 1 aromatic heterocycles. The first-order valence-electron chi connectivity index (χ1n) is 6.89. The quantitative estimate of drug-likeness (QED) is 0.616. The zero-order valence-electron chi connectivity index (χ0n) is 11.4. The first kappa shape index (κ1) is 12.6. The van der Waals surface area contributed by atoms with E-state index in [1.54, 1.807) is 0 Å². The van der Waals surface area contributed by atoms with Gasteiger partial charge in [0.05, 0.1) is 5.52 Å². The lowest BCUT2D eigenvalue weighted by atomic mass is 9.94. The molecule has 0 unspecified atom stereocenters. The Hall–Kier alpha value is -2.41. The number of fused-ring (bicyclic) bond motifs is 1. The Labute approximate surface area is 119 Å². The number of nitrogens with zero attached hydrogens (tertiary/aromatic N) is 1. The number of hydrogen-bond acceptors (Lipinski definition) is 1. The number of hydrogen-bond donors (Lipinski definition) is 0. The highest BCUT2D eigenvalue weighted by Gasteiger charge is 2.09. The van der Waals surface area contributed by atoms with Crippen molar-refractivity contribution in [3.8, 4) is 0 Å². The molecular formula is C19H17N. The zero-order valence-corrected chi connectivity index (χ0v) is 11.4. The molecule has 0 saturated heterocycles. The Kier molecular flexibility index (Phi) is 3.60. The van der Waals surface area contributed by atoms with Crippen LogP contribution in [0.25, 0.3) is 10.9 Å². The fraction of sp³-hybridized carbons (Fsp3) is 0.105. The van der Waals surface area contributed by atoms with Crippen molar-refractivity contribution in [1.82, 2.24) is 4.98 Å². The summed E-state index contributed by atoms with van der Waals surface area (Å²) in [6.45, 7) is 3.97. The second-order valence-corrected chi connectivity index (χ2v) is 4.95. The molecule has 0 aliphatic carbocycles. The van der Waals surface area contributed by atoms with Crippen LogP contribution in [0.15, 0.2) is 79.4 Å². The maximum atomic E-state index is 4.74. The minimum Gasteiger partial charge on any atom is -0.253 e. The number of allylic oxidation sites excluding steroid dienone is 1. The maximum Gasteiger partial charge on any atom is 0.0705 e. The van der Waals surface area contributed by atoms with Gasteiger partial charge in [-0.25, -0.2) is 0 Å². The third kappa shape index (κ3) is 2.62. The van der Waals surface area contributed by atoms with Gasteiger partial charge >= 0.3 is 0 Å². The van der Waals surface area contributed by atoms with Crippen LogP contribution in [-0.4, -0.2) is 4.98 Å². The molecule has 0 aliphatic rings. The van der Waals surface area contributed by atoms with Crippen LogP contribution in [-0.2, 0) is 6.42 Å². The summed E-state index contributed by atoms with van der Waals surface area (Å²) in [5.74, 6) is 0.310. The van der Waals surface area contributed by atoms with Gasteiger partial charge in [0.15, 0.2) is 0 Å². The smallest absolute Gasteiger partial charge is 0.0705 e. The van der Waals surface area contributed by atoms with Crippen LogP contribution in [0.3, 0.4) is 0 Å². The lowest BCUT2D eigenvalue weighted by Crippen LogP contribution is -2.01. The average Bonchev–Trinajstić information content (AvgIpc) is 2.53. The molecule has 0 spiro atoms. The molecule has 2 aromatic carbocycles. The predicted molar refractivity (Wildman–Crippen MR) is 84.8 cm³/mol. The number of para-hydroxylation sites is 1. The molecular weight excluding hydrogens is 242 g/mol. The second-order valence-electron chi connectivity index (χ2n) is 4.95. The van der Waals surface area contributed by atoms with Crippen molar-refractivity contribution in [1.29, 1.82) is 0 Å². The van der Waals surface area contributed by atoms with Gasteiger partial charge < -0.3 is 0 Å². The van der Waals surface area contributed by atoms with Gasteiger partial charge in [-0.1, -0.05) is 60.7 Å². The molecule has 98 valence electrons. The standard InChI is InChI=1S/C19H17N/c1-2-15(16-8-4-3-5-9-16)14-18-13-12-17-10-6-7-11-19(17)20-18/h2-13,15H,1,14H2/t15-/m0/s1. The summed E-state index contributed by atoms with van der Waals surface area (Å²) in [5, 5.41) is 1.19. The Morgan fingerprint density at radius 1 is 0.900 bits per heavy atom. The maximum absolute atomic E-state index is 4.74. The van der Waals surface area contributed by atoms with Gasteiger partial charge in [-0.05, 0) is 24.1 Å². The molecule has 0 aliphatic heterocycles. The van der Waals surface area contributed by atoms with Gasteiger partial charge in [0.2, 0.25) is 0 Å². The lowest BCUT2D eigenvalue weighted by molar-refractivity contribution is 0.816. The Balaban J connectivity index is 1.89. The van der Waals surface area contributed by atoms with E-state index in [2.05, 4.69) is 55.1 Å². The minimum absolute atomic E-state index is 0.310. The molecule has 1 atom stereocenters. The van der Waals surface area contributed by atoms with E-state index < -0.39 is 0 Å². The van der Waals surface area contributed by atoms with Gasteiger partial charge in [-0.15, -0.1) is 6.58 Å². The van der Waals surface area contributed by atoms with E-state index in [1.807, 2.05) is 24.3 Å². The van der Waals surface area contributed by atoms with E-state index in [0.29, 0.717) is 5.92 Å². The second kappa shape index (κ2) is 5.70. The summed E-state index contributed by atoms with van der Waals surface area (Å²) in [7, 11) is 0. The van der Waals surface area contributed by atoms with Gasteiger partial charge in [-0.2, -0.15) is 0 Å². The van der Waals surface area contributed by atoms with Gasteiger partial charge in [0, 0.05) is 17.0 Å². The summed E-state index contributed by atoms with van der Waals surface area (Å²) in [4.78, 5) is 4.74. The van der Waals surface area contributed by atoms with Gasteiger partial charge in [-0.3, -0.25) is 4.98 Å². The normalized spacial score (nSPS) is 12.2. The van der Waals surface area contributed by atoms with Crippen molar-refractivity contribution in [3.05, 3.63) is 90.6 Å². The topological polar surface area (TPSA) is 12.9 Å². The summed E-state index contributed by atoms with van der Waals surface area (Å²) in [6, 6.07) is 22.9. The lowest BCUT2D eigenvalue weighted by Gasteiger charge is -2.12. The van der Waals surface area contributed by atoms with Crippen LogP contribution in [0.5, 0.6) is 0 Å². The molecule has 1 heteroatoms. The summed E-state index contributed by atoms with van der Waals surface area (Å²) >= 11 is 0. The van der Waals surface area contributed by atoms with Crippen molar-refractivity contribution < 1.29 is 0 Å². The molecule has 0 amide bonds. The summed E-state index contributed by atoms with van der Waals surface area (Å²) < 4.78 is 0. The third-order valence-electron chi connectivity index (χ3n) is 3.60. The minimum atomic E-state index is 0.310. The Morgan fingerprint density at radius 2 is 1.65 bits per heavy atom. The van der Waals surface area contributed by atoms with E-state index >= 15 is 0 Å². The first-order valence-corrected chi connectivity index (χ1v) is 6.89. The van der Waals surface area contributed by atoms with E-state index in [4.69, 9.17) is 4.98 Å². The van der Waals surface area contributed by atoms with Crippen LogP contribution in [0, 0.1) is 0 Å². The van der Waals surface area contributed by atoms with Crippen LogP contribution in [0.2, 0.25) is 0 Å². The zero-order chi connectivity index (χ0) is 13.8. The molecule has 1 heterocycles. The fourth-order valence-corrected chi connectivity index (χ4v) is 2.48. The Bertz CT molecular complexity index is 716. The van der Waals surface area contributed by atoms with Crippen LogP contribution in [0.1, 0.15) is 17.2 Å². The summed E-state index contributed by atoms with van der Waals surface area (Å²) in [5.41, 5.74) is 3.45. The molecule has 20 heavy (non-hydrogen) atoms.